The number of phenols is 1. The molecule has 0 heterocycles. The zero-order chi connectivity index (χ0) is 46.7. The SMILES string of the molecule is CCNCCNCC(CNCCNCC)(NCCNNC(=O)CCCC(=O)O)NC(=O)CCCC(=O)N[C@@H](Cc1ccc(O)cc1)C(=O)NCCCCCC(=O)NC(CS)C(N)=O. The van der Waals surface area contributed by atoms with Gasteiger partial charge in [-0.3, -0.25) is 44.3 Å². The summed E-state index contributed by atoms with van der Waals surface area (Å²) < 4.78 is 0. The summed E-state index contributed by atoms with van der Waals surface area (Å²) in [6.45, 7) is 9.93. The number of carboxylic acids is 1. The van der Waals surface area contributed by atoms with Crippen molar-refractivity contribution in [1.29, 1.82) is 0 Å². The largest absolute Gasteiger partial charge is 0.508 e. The van der Waals surface area contributed by atoms with Gasteiger partial charge in [-0.15, -0.1) is 0 Å². The molecule has 0 saturated heterocycles. The molecular weight excluding hydrogens is 837 g/mol. The number of hydrazine groups is 1. The van der Waals surface area contributed by atoms with Crippen LogP contribution in [-0.2, 0) is 40.0 Å². The van der Waals surface area contributed by atoms with E-state index in [1.807, 2.05) is 13.8 Å². The number of rotatable bonds is 39. The summed E-state index contributed by atoms with van der Waals surface area (Å²) in [5.41, 5.74) is 10.4. The topological polar surface area (TPSA) is 318 Å². The number of hydrogen-bond acceptors (Lipinski definition) is 15. The van der Waals surface area contributed by atoms with Crippen LogP contribution in [0.1, 0.15) is 83.6 Å². The van der Waals surface area contributed by atoms with Gasteiger partial charge in [-0.2, -0.15) is 12.6 Å². The first-order valence-corrected chi connectivity index (χ1v) is 22.5. The number of thiol groups is 1. The van der Waals surface area contributed by atoms with Crippen molar-refractivity contribution in [1.82, 2.24) is 58.7 Å². The lowest BCUT2D eigenvalue weighted by Gasteiger charge is -2.37. The van der Waals surface area contributed by atoms with E-state index in [2.05, 4.69) is 71.3 Å². The van der Waals surface area contributed by atoms with Crippen LogP contribution in [0.2, 0.25) is 0 Å². The Labute approximate surface area is 376 Å². The molecule has 1 unspecified atom stereocenters. The van der Waals surface area contributed by atoms with Crippen LogP contribution in [-0.4, -0.2) is 147 Å². The maximum atomic E-state index is 13.5. The van der Waals surface area contributed by atoms with Crippen LogP contribution in [0.15, 0.2) is 24.3 Å². The van der Waals surface area contributed by atoms with Gasteiger partial charge in [0.2, 0.25) is 35.4 Å². The Balaban J connectivity index is 2.88. The number of carboxylic acid groups (broad SMARTS) is 1. The summed E-state index contributed by atoms with van der Waals surface area (Å²) in [6, 6.07) is 4.54. The number of nitrogens with two attached hydrogens (primary N) is 1. The zero-order valence-corrected chi connectivity index (χ0v) is 37.9. The Morgan fingerprint density at radius 1 is 0.651 bits per heavy atom. The zero-order valence-electron chi connectivity index (χ0n) is 37.0. The molecule has 21 nitrogen and oxygen atoms in total. The first-order chi connectivity index (χ1) is 30.2. The Morgan fingerprint density at radius 3 is 1.79 bits per heavy atom. The van der Waals surface area contributed by atoms with Crippen LogP contribution in [0.25, 0.3) is 0 Å². The maximum Gasteiger partial charge on any atom is 0.303 e. The number of phenolic OH excluding ortho intramolecular Hbond substituents is 1. The second kappa shape index (κ2) is 34.9. The van der Waals surface area contributed by atoms with E-state index in [1.165, 1.54) is 12.1 Å². The number of hydrogen-bond donors (Lipinski definition) is 15. The van der Waals surface area contributed by atoms with Crippen LogP contribution in [0.4, 0.5) is 0 Å². The summed E-state index contributed by atoms with van der Waals surface area (Å²) in [4.78, 5) is 86.5. The number of aromatic hydroxyl groups is 1. The van der Waals surface area contributed by atoms with Gasteiger partial charge >= 0.3 is 5.97 Å². The minimum Gasteiger partial charge on any atom is -0.508 e. The van der Waals surface area contributed by atoms with Crippen molar-refractivity contribution in [2.45, 2.75) is 102 Å². The quantitative estimate of drug-likeness (QED) is 0.0145. The van der Waals surface area contributed by atoms with Crippen molar-refractivity contribution in [2.75, 3.05) is 77.7 Å². The number of carbonyl (C=O) groups excluding carboxylic acids is 6. The Hall–Kier alpha value is -4.58. The summed E-state index contributed by atoms with van der Waals surface area (Å²) in [6.07, 6.45) is 2.40. The second-order valence-corrected chi connectivity index (χ2v) is 15.4. The molecule has 15 N–H and O–H groups in total. The van der Waals surface area contributed by atoms with Gasteiger partial charge in [-0.25, -0.2) is 5.43 Å². The summed E-state index contributed by atoms with van der Waals surface area (Å²) in [5, 5.41) is 46.6. The molecule has 358 valence electrons. The van der Waals surface area contributed by atoms with Crippen LogP contribution in [0.3, 0.4) is 0 Å². The smallest absolute Gasteiger partial charge is 0.303 e. The molecule has 0 aromatic heterocycles. The van der Waals surface area contributed by atoms with E-state index in [9.17, 15) is 38.7 Å². The first-order valence-electron chi connectivity index (χ1n) is 21.9. The summed E-state index contributed by atoms with van der Waals surface area (Å²) >= 11 is 4.02. The van der Waals surface area contributed by atoms with Crippen LogP contribution >= 0.6 is 12.6 Å². The van der Waals surface area contributed by atoms with Crippen molar-refractivity contribution >= 4 is 54.0 Å². The molecule has 63 heavy (non-hydrogen) atoms. The fourth-order valence-electron chi connectivity index (χ4n) is 6.10. The number of unbranched alkanes of at least 4 members (excludes halogenated alkanes) is 2. The van der Waals surface area contributed by atoms with E-state index in [0.29, 0.717) is 83.7 Å². The molecule has 1 rings (SSSR count). The van der Waals surface area contributed by atoms with Gasteiger partial charge < -0.3 is 58.5 Å². The lowest BCUT2D eigenvalue weighted by molar-refractivity contribution is -0.137. The molecule has 0 radical (unpaired) electrons. The van der Waals surface area contributed by atoms with Gasteiger partial charge in [0.15, 0.2) is 0 Å². The average Bonchev–Trinajstić information content (AvgIpc) is 3.23. The highest BCUT2D eigenvalue weighted by Crippen LogP contribution is 2.12. The number of amides is 6. The number of aliphatic carboxylic acids is 1. The second-order valence-electron chi connectivity index (χ2n) is 15.0. The monoisotopic (exact) mass is 911 g/mol. The third-order valence-corrected chi connectivity index (χ3v) is 9.87. The molecule has 2 atom stereocenters. The minimum absolute atomic E-state index is 0.0148. The summed E-state index contributed by atoms with van der Waals surface area (Å²) in [7, 11) is 0. The van der Waals surface area contributed by atoms with Crippen LogP contribution < -0.4 is 64.4 Å². The van der Waals surface area contributed by atoms with Crippen molar-refractivity contribution < 1.29 is 43.8 Å². The fourth-order valence-corrected chi connectivity index (χ4v) is 6.37. The number of benzene rings is 1. The van der Waals surface area contributed by atoms with Crippen LogP contribution in [0, 0.1) is 0 Å². The van der Waals surface area contributed by atoms with Gasteiger partial charge in [0, 0.05) is 103 Å². The highest BCUT2D eigenvalue weighted by atomic mass is 32.1. The van der Waals surface area contributed by atoms with Gasteiger partial charge in [-0.1, -0.05) is 32.4 Å². The molecule has 0 aliphatic carbocycles. The molecule has 0 aliphatic rings. The maximum absolute atomic E-state index is 13.5. The molecule has 0 aliphatic heterocycles. The third kappa shape index (κ3) is 28.7. The Morgan fingerprint density at radius 2 is 1.21 bits per heavy atom. The first kappa shape index (κ1) is 56.4. The number of nitrogens with one attached hydrogen (secondary N) is 11. The number of primary amides is 1. The predicted molar refractivity (Wildman–Crippen MR) is 243 cm³/mol. The van der Waals surface area contributed by atoms with Crippen molar-refractivity contribution in [3.8, 4) is 5.75 Å². The molecule has 0 saturated carbocycles. The Kier molecular flexibility index (Phi) is 31.2. The molecule has 0 fully saturated rings. The Bertz CT molecular complexity index is 1500. The van der Waals surface area contributed by atoms with E-state index in [0.717, 1.165) is 13.1 Å². The van der Waals surface area contributed by atoms with E-state index in [4.69, 9.17) is 10.8 Å². The van der Waals surface area contributed by atoms with Crippen molar-refractivity contribution in [3.63, 3.8) is 0 Å². The van der Waals surface area contributed by atoms with Gasteiger partial charge in [0.1, 0.15) is 23.5 Å². The third-order valence-electron chi connectivity index (χ3n) is 9.50. The fraction of sp³-hybridized carbons (Fsp3) is 0.683. The lowest BCUT2D eigenvalue weighted by atomic mass is 10.0. The standard InChI is InChI=1S/C41H74N12O9S/c1-3-43-20-22-45-28-41(29-46-23-21-44-4-2,48-24-25-49-53-37(58)13-9-14-38(59)60)52-36(57)12-8-11-35(56)50-32(26-30-15-17-31(54)18-16-30)40(62)47-19-7-5-6-10-34(55)51-33(27-63)39(42)61/h15-18,32-33,43-46,48-49,54,63H,3-14,19-29H2,1-2H3,(H2,42,61)(H,47,62)(H,50,56)(H,51,55)(H,52,57)(H,53,58)(H,59,60)/t32-,33?/m0/s1. The molecule has 22 heteroatoms. The highest BCUT2D eigenvalue weighted by Gasteiger charge is 2.31. The van der Waals surface area contributed by atoms with Gasteiger partial charge in [-0.05, 0) is 56.5 Å². The van der Waals surface area contributed by atoms with Crippen molar-refractivity contribution in [3.05, 3.63) is 29.8 Å². The minimum atomic E-state index is -0.967. The van der Waals surface area contributed by atoms with Gasteiger partial charge in [0.25, 0.3) is 0 Å². The molecule has 1 aromatic carbocycles. The summed E-state index contributed by atoms with van der Waals surface area (Å²) in [5.74, 6) is -3.25. The van der Waals surface area contributed by atoms with E-state index in [-0.39, 0.29) is 80.6 Å². The number of likely N-dealkylation sites (N-methyl/N-ethyl adjacent to an activating group) is 2. The van der Waals surface area contributed by atoms with E-state index >= 15 is 0 Å². The molecule has 6 amide bonds. The normalized spacial score (nSPS) is 12.2. The molecule has 0 bridgehead atoms. The number of carbonyl (C=O) groups is 7. The molecule has 0 spiro atoms. The average molecular weight is 911 g/mol. The van der Waals surface area contributed by atoms with E-state index < -0.39 is 41.4 Å². The van der Waals surface area contributed by atoms with Crippen LogP contribution in [0.5, 0.6) is 5.75 Å². The van der Waals surface area contributed by atoms with Gasteiger partial charge in [0.05, 0.1) is 0 Å². The molecule has 1 aromatic rings. The highest BCUT2D eigenvalue weighted by molar-refractivity contribution is 7.80. The van der Waals surface area contributed by atoms with E-state index in [1.54, 1.807) is 12.1 Å². The molecular formula is C41H74N12O9S. The lowest BCUT2D eigenvalue weighted by Crippen LogP contribution is -2.69. The predicted octanol–water partition coefficient (Wildman–Crippen LogP) is -2.16. The van der Waals surface area contributed by atoms with Crippen molar-refractivity contribution in [2.24, 2.45) is 5.73 Å².